The lowest BCUT2D eigenvalue weighted by atomic mass is 9.69. The number of hydrogen-bond acceptors (Lipinski definition) is 4. The van der Waals surface area contributed by atoms with Gasteiger partial charge in [0.1, 0.15) is 16.9 Å². The maximum Gasteiger partial charge on any atom is 0.235 e. The molecule has 4 aromatic carbocycles. The summed E-state index contributed by atoms with van der Waals surface area (Å²) in [6.07, 6.45) is 2.80. The summed E-state index contributed by atoms with van der Waals surface area (Å²) in [5, 5.41) is 2.80. The van der Waals surface area contributed by atoms with E-state index in [1.807, 2.05) is 96.9 Å². The van der Waals surface area contributed by atoms with Crippen LogP contribution in [0.25, 0.3) is 0 Å². The number of likely N-dealkylation sites (N-methyl/N-ethyl adjacent to an activating group) is 2. The van der Waals surface area contributed by atoms with E-state index in [2.05, 4.69) is 43.1 Å². The van der Waals surface area contributed by atoms with Gasteiger partial charge in [-0.1, -0.05) is 91.0 Å². The zero-order chi connectivity index (χ0) is 31.7. The molecule has 0 bridgehead atoms. The zero-order valence-corrected chi connectivity index (χ0v) is 26.2. The fraction of sp³-hybridized carbons (Fsp3) is 0.263. The van der Waals surface area contributed by atoms with Gasteiger partial charge in [-0.25, -0.2) is 0 Å². The highest BCUT2D eigenvalue weighted by Crippen LogP contribution is 2.46. The molecule has 1 aliphatic rings. The van der Waals surface area contributed by atoms with Crippen LogP contribution in [0.1, 0.15) is 42.0 Å². The van der Waals surface area contributed by atoms with E-state index >= 15 is 0 Å². The van der Waals surface area contributed by atoms with Gasteiger partial charge in [0.15, 0.2) is 0 Å². The van der Waals surface area contributed by atoms with Crippen LogP contribution in [-0.2, 0) is 20.4 Å². The van der Waals surface area contributed by atoms with Crippen molar-refractivity contribution in [1.29, 1.82) is 0 Å². The van der Waals surface area contributed by atoms with E-state index in [-0.39, 0.29) is 23.3 Å². The third-order valence-corrected chi connectivity index (χ3v) is 8.93. The molecule has 44 heavy (non-hydrogen) atoms. The summed E-state index contributed by atoms with van der Waals surface area (Å²) >= 11 is 0. The zero-order valence-electron chi connectivity index (χ0n) is 26.2. The number of rotatable bonds is 9. The lowest BCUT2D eigenvalue weighted by molar-refractivity contribution is -0.127. The Bertz CT molecular complexity index is 1540. The van der Waals surface area contributed by atoms with E-state index in [1.54, 1.807) is 27.3 Å². The number of nitrogens with one attached hydrogen (secondary N) is 1. The van der Waals surface area contributed by atoms with Crippen LogP contribution >= 0.6 is 0 Å². The van der Waals surface area contributed by atoms with Gasteiger partial charge < -0.3 is 19.7 Å². The first-order valence-corrected chi connectivity index (χ1v) is 14.8. The lowest BCUT2D eigenvalue weighted by Crippen LogP contribution is -2.43. The molecule has 3 unspecified atom stereocenters. The molecule has 0 aliphatic carbocycles. The summed E-state index contributed by atoms with van der Waals surface area (Å²) in [5.41, 5.74) is 3.11. The highest BCUT2D eigenvalue weighted by molar-refractivity contribution is 5.92. The van der Waals surface area contributed by atoms with Crippen LogP contribution in [0.4, 0.5) is 0 Å². The fourth-order valence-corrected chi connectivity index (χ4v) is 6.32. The fourth-order valence-electron chi connectivity index (χ4n) is 6.32. The van der Waals surface area contributed by atoms with Crippen molar-refractivity contribution in [2.75, 3.05) is 28.3 Å². The number of carbonyl (C=O) groups is 2. The van der Waals surface area contributed by atoms with Crippen molar-refractivity contribution in [1.82, 2.24) is 10.2 Å². The number of methoxy groups -OCH3 is 2. The van der Waals surface area contributed by atoms with Crippen molar-refractivity contribution in [2.45, 2.75) is 36.6 Å². The van der Waals surface area contributed by atoms with Gasteiger partial charge in [0.05, 0.1) is 14.2 Å². The van der Waals surface area contributed by atoms with Gasteiger partial charge in [-0.3, -0.25) is 9.59 Å². The number of likely N-dealkylation sites (tertiary alicyclic amines) is 1. The van der Waals surface area contributed by atoms with Crippen molar-refractivity contribution in [3.8, 4) is 11.5 Å². The van der Waals surface area contributed by atoms with Crippen LogP contribution < -0.4 is 14.8 Å². The van der Waals surface area contributed by atoms with Crippen molar-refractivity contribution in [3.63, 3.8) is 0 Å². The Balaban J connectivity index is 0.000000201. The number of allylic oxidation sites excluding steroid dienone is 1. The van der Waals surface area contributed by atoms with Gasteiger partial charge in [0.2, 0.25) is 11.8 Å². The summed E-state index contributed by atoms with van der Waals surface area (Å²) in [6, 6.07) is 35.9. The van der Waals surface area contributed by atoms with Crippen LogP contribution in [0, 0.1) is 0 Å². The number of carbonyl (C=O) groups excluding carboxylic acids is 2. The Labute approximate surface area is 261 Å². The SMILES string of the molecule is C=CCC(C(=O)NC)(c1ccccc1)c1ccc(OC)cc1.COc1ccc(C2(c3ccccc3)CC(=O)N(C)C2C)cc1. The smallest absolute Gasteiger partial charge is 0.235 e. The van der Waals surface area contributed by atoms with Crippen molar-refractivity contribution < 1.29 is 19.1 Å². The number of hydrogen-bond donors (Lipinski definition) is 1. The normalized spacial score (nSPS) is 18.8. The summed E-state index contributed by atoms with van der Waals surface area (Å²) in [4.78, 5) is 27.0. The molecule has 6 heteroatoms. The number of amides is 2. The number of ether oxygens (including phenoxy) is 2. The van der Waals surface area contributed by atoms with E-state index < -0.39 is 5.41 Å². The molecule has 0 radical (unpaired) electrons. The lowest BCUT2D eigenvalue weighted by Gasteiger charge is -2.35. The Morgan fingerprint density at radius 3 is 1.80 bits per heavy atom. The van der Waals surface area contributed by atoms with Gasteiger partial charge in [-0.2, -0.15) is 0 Å². The van der Waals surface area contributed by atoms with Crippen LogP contribution in [0.15, 0.2) is 122 Å². The molecule has 5 rings (SSSR count). The van der Waals surface area contributed by atoms with E-state index in [1.165, 1.54) is 5.56 Å². The van der Waals surface area contributed by atoms with Gasteiger partial charge in [0.25, 0.3) is 0 Å². The largest absolute Gasteiger partial charge is 0.497 e. The Kier molecular flexibility index (Phi) is 10.3. The maximum absolute atomic E-state index is 12.8. The summed E-state index contributed by atoms with van der Waals surface area (Å²) in [6.45, 7) is 5.97. The standard InChI is InChI=1S/2C19H21NO2/c1-14-19(13-18(21)20(14)2,15-7-5-4-6-8-15)16-9-11-17(22-3)12-10-16;1-4-14-19(18(21)20-2,15-8-6-5-7-9-15)16-10-12-17(22-3)13-11-16/h4-12,14H,13H2,1-3H3;4-13H,1,14H2,2-3H3,(H,20,21). The predicted molar refractivity (Wildman–Crippen MR) is 176 cm³/mol. The first-order valence-electron chi connectivity index (χ1n) is 14.8. The highest BCUT2D eigenvalue weighted by Gasteiger charge is 2.50. The Morgan fingerprint density at radius 1 is 0.864 bits per heavy atom. The predicted octanol–water partition coefficient (Wildman–Crippen LogP) is 6.54. The summed E-state index contributed by atoms with van der Waals surface area (Å²) in [7, 11) is 6.84. The molecule has 6 nitrogen and oxygen atoms in total. The molecule has 1 fully saturated rings. The second kappa shape index (κ2) is 14.1. The van der Waals surface area contributed by atoms with Crippen molar-refractivity contribution in [3.05, 3.63) is 144 Å². The van der Waals surface area contributed by atoms with Gasteiger partial charge in [-0.15, -0.1) is 6.58 Å². The second-order valence-corrected chi connectivity index (χ2v) is 11.0. The minimum absolute atomic E-state index is 0.0521. The van der Waals surface area contributed by atoms with Crippen LogP contribution in [-0.4, -0.2) is 51.1 Å². The highest BCUT2D eigenvalue weighted by atomic mass is 16.5. The molecule has 1 aliphatic heterocycles. The molecule has 1 heterocycles. The number of benzene rings is 4. The average Bonchev–Trinajstić information content (AvgIpc) is 3.32. The monoisotopic (exact) mass is 590 g/mol. The minimum Gasteiger partial charge on any atom is -0.497 e. The summed E-state index contributed by atoms with van der Waals surface area (Å²) < 4.78 is 10.5. The molecule has 1 saturated heterocycles. The molecular formula is C38H42N2O4. The van der Waals surface area contributed by atoms with Crippen LogP contribution in [0.5, 0.6) is 11.5 Å². The topological polar surface area (TPSA) is 67.9 Å². The van der Waals surface area contributed by atoms with E-state index in [0.717, 1.165) is 28.2 Å². The van der Waals surface area contributed by atoms with Crippen LogP contribution in [0.3, 0.4) is 0 Å². The van der Waals surface area contributed by atoms with Gasteiger partial charge in [-0.05, 0) is 59.9 Å². The van der Waals surface area contributed by atoms with Crippen molar-refractivity contribution >= 4 is 11.8 Å². The molecule has 3 atom stereocenters. The molecule has 1 N–H and O–H groups in total. The first-order chi connectivity index (χ1) is 21.3. The molecule has 0 aromatic heterocycles. The van der Waals surface area contributed by atoms with Crippen LogP contribution in [0.2, 0.25) is 0 Å². The molecular weight excluding hydrogens is 548 g/mol. The van der Waals surface area contributed by atoms with E-state index in [9.17, 15) is 9.59 Å². The Hall–Kier alpha value is -4.84. The first kappa shape index (κ1) is 32.1. The van der Waals surface area contributed by atoms with Crippen molar-refractivity contribution in [2.24, 2.45) is 0 Å². The average molecular weight is 591 g/mol. The second-order valence-electron chi connectivity index (χ2n) is 11.0. The van der Waals surface area contributed by atoms with E-state index in [0.29, 0.717) is 12.8 Å². The molecule has 2 amide bonds. The quantitative estimate of drug-likeness (QED) is 0.225. The van der Waals surface area contributed by atoms with Gasteiger partial charge in [0, 0.05) is 32.0 Å². The Morgan fingerprint density at radius 2 is 1.34 bits per heavy atom. The minimum atomic E-state index is -0.788. The third-order valence-electron chi connectivity index (χ3n) is 8.93. The number of nitrogens with zero attached hydrogens (tertiary/aromatic N) is 1. The summed E-state index contributed by atoms with van der Waals surface area (Å²) in [5.74, 6) is 1.73. The molecule has 0 spiro atoms. The molecule has 228 valence electrons. The molecule has 0 saturated carbocycles. The third kappa shape index (κ3) is 5.98. The maximum atomic E-state index is 12.8. The van der Waals surface area contributed by atoms with E-state index in [4.69, 9.17) is 9.47 Å². The van der Waals surface area contributed by atoms with Gasteiger partial charge >= 0.3 is 0 Å². The molecule has 4 aromatic rings.